The molecule has 2 atom stereocenters. The zero-order valence-electron chi connectivity index (χ0n) is 18.4. The van der Waals surface area contributed by atoms with Crippen LogP contribution in [0.1, 0.15) is 23.6 Å². The predicted octanol–water partition coefficient (Wildman–Crippen LogP) is 2.89. The minimum absolute atomic E-state index is 0.110. The number of aromatic hydroxyl groups is 1. The molecule has 2 N–H and O–H groups in total. The zero-order valence-corrected chi connectivity index (χ0v) is 18.4. The molecule has 168 valence electrons. The van der Waals surface area contributed by atoms with E-state index in [1.165, 1.54) is 0 Å². The lowest BCUT2D eigenvalue weighted by atomic mass is 10.0. The summed E-state index contributed by atoms with van der Waals surface area (Å²) >= 11 is 0. The highest BCUT2D eigenvalue weighted by Crippen LogP contribution is 2.28. The molecule has 1 aliphatic rings. The number of ether oxygens (including phenoxy) is 1. The number of phenols is 1. The Kier molecular flexibility index (Phi) is 6.58. The third kappa shape index (κ3) is 4.84. The van der Waals surface area contributed by atoms with Gasteiger partial charge in [-0.2, -0.15) is 0 Å². The third-order valence-electron chi connectivity index (χ3n) is 6.08. The highest BCUT2D eigenvalue weighted by atomic mass is 16.5. The van der Waals surface area contributed by atoms with Crippen molar-refractivity contribution in [2.75, 3.05) is 33.3 Å². The molecule has 0 saturated carbocycles. The molecule has 0 radical (unpaired) electrons. The van der Waals surface area contributed by atoms with Gasteiger partial charge in [0.25, 0.3) is 5.91 Å². The zero-order chi connectivity index (χ0) is 22.7. The van der Waals surface area contributed by atoms with E-state index in [4.69, 9.17) is 4.74 Å². The Labute approximate surface area is 187 Å². The van der Waals surface area contributed by atoms with Crippen LogP contribution in [0, 0.1) is 6.92 Å². The lowest BCUT2D eigenvalue weighted by Gasteiger charge is -2.32. The average Bonchev–Trinajstić information content (AvgIpc) is 3.21. The molecule has 2 aromatic carbocycles. The van der Waals surface area contributed by atoms with E-state index in [1.54, 1.807) is 36.3 Å². The van der Waals surface area contributed by atoms with Crippen molar-refractivity contribution in [1.29, 1.82) is 0 Å². The van der Waals surface area contributed by atoms with E-state index in [-0.39, 0.29) is 30.4 Å². The van der Waals surface area contributed by atoms with E-state index >= 15 is 0 Å². The number of aliphatic hydroxyl groups excluding tert-OH is 1. The van der Waals surface area contributed by atoms with Gasteiger partial charge < -0.3 is 19.8 Å². The molecule has 3 aromatic rings. The Morgan fingerprint density at radius 1 is 1.28 bits per heavy atom. The number of likely N-dealkylation sites (tertiary alicyclic amines) is 1. The first-order valence-electron chi connectivity index (χ1n) is 10.8. The van der Waals surface area contributed by atoms with E-state index in [9.17, 15) is 15.0 Å². The minimum atomic E-state index is -0.340. The Bertz CT molecular complexity index is 1100. The van der Waals surface area contributed by atoms with Crippen LogP contribution in [-0.2, 0) is 4.79 Å². The molecule has 1 saturated heterocycles. The van der Waals surface area contributed by atoms with Crippen LogP contribution in [-0.4, -0.2) is 70.3 Å². The average molecular weight is 436 g/mol. The normalized spacial score (nSPS) is 17.4. The number of hydrogen-bond donors (Lipinski definition) is 2. The molecule has 4 rings (SSSR count). The SMILES string of the molecule is Cc1ccc(OCC(=O)N(C)C(CN2CC[C@H](O)C2)c2cccc(O)c2)c2cccnc12. The van der Waals surface area contributed by atoms with Crippen molar-refractivity contribution in [3.8, 4) is 11.5 Å². The van der Waals surface area contributed by atoms with Gasteiger partial charge in [0.05, 0.1) is 17.7 Å². The first-order chi connectivity index (χ1) is 15.4. The van der Waals surface area contributed by atoms with Crippen molar-refractivity contribution in [2.24, 2.45) is 0 Å². The summed E-state index contributed by atoms with van der Waals surface area (Å²) in [5.41, 5.74) is 2.75. The summed E-state index contributed by atoms with van der Waals surface area (Å²) < 4.78 is 5.92. The number of rotatable bonds is 7. The summed E-state index contributed by atoms with van der Waals surface area (Å²) in [6.07, 6.45) is 2.13. The second-order valence-corrected chi connectivity index (χ2v) is 8.39. The van der Waals surface area contributed by atoms with E-state index in [0.29, 0.717) is 18.8 Å². The summed E-state index contributed by atoms with van der Waals surface area (Å²) in [5.74, 6) is 0.609. The van der Waals surface area contributed by atoms with Crippen molar-refractivity contribution >= 4 is 16.8 Å². The fourth-order valence-corrected chi connectivity index (χ4v) is 4.23. The molecule has 1 unspecified atom stereocenters. The van der Waals surface area contributed by atoms with E-state index < -0.39 is 0 Å². The Morgan fingerprint density at radius 2 is 2.12 bits per heavy atom. The number of amides is 1. The number of benzene rings is 2. The summed E-state index contributed by atoms with van der Waals surface area (Å²) in [6.45, 7) is 3.81. The van der Waals surface area contributed by atoms with Gasteiger partial charge in [-0.1, -0.05) is 18.2 Å². The topological polar surface area (TPSA) is 86.1 Å². The van der Waals surface area contributed by atoms with Crippen LogP contribution in [0.15, 0.2) is 54.7 Å². The number of phenolic OH excluding ortho intramolecular Hbond substituents is 1. The van der Waals surface area contributed by atoms with Gasteiger partial charge in [0.1, 0.15) is 11.5 Å². The van der Waals surface area contributed by atoms with Crippen LogP contribution in [0.25, 0.3) is 10.9 Å². The van der Waals surface area contributed by atoms with E-state index in [1.807, 2.05) is 37.3 Å². The quantitative estimate of drug-likeness (QED) is 0.594. The van der Waals surface area contributed by atoms with Crippen molar-refractivity contribution in [2.45, 2.75) is 25.5 Å². The first-order valence-corrected chi connectivity index (χ1v) is 10.8. The number of fused-ring (bicyclic) bond motifs is 1. The molecule has 7 heteroatoms. The molecule has 1 amide bonds. The predicted molar refractivity (Wildman–Crippen MR) is 123 cm³/mol. The maximum absolute atomic E-state index is 13.1. The third-order valence-corrected chi connectivity index (χ3v) is 6.08. The first kappa shape index (κ1) is 22.0. The number of pyridine rings is 1. The Morgan fingerprint density at radius 3 is 2.88 bits per heavy atom. The molecule has 1 aliphatic heterocycles. The number of aliphatic hydroxyl groups is 1. The van der Waals surface area contributed by atoms with E-state index in [0.717, 1.165) is 35.0 Å². The van der Waals surface area contributed by atoms with Gasteiger partial charge in [0.15, 0.2) is 6.61 Å². The van der Waals surface area contributed by atoms with Crippen LogP contribution in [0.2, 0.25) is 0 Å². The highest BCUT2D eigenvalue weighted by molar-refractivity contribution is 5.88. The van der Waals surface area contributed by atoms with Gasteiger partial charge in [-0.25, -0.2) is 0 Å². The molecule has 0 aliphatic carbocycles. The van der Waals surface area contributed by atoms with Crippen LogP contribution in [0.4, 0.5) is 0 Å². The molecular formula is C25H29N3O4. The fourth-order valence-electron chi connectivity index (χ4n) is 4.23. The number of likely N-dealkylation sites (N-methyl/N-ethyl adjacent to an activating group) is 1. The van der Waals surface area contributed by atoms with Gasteiger partial charge in [-0.3, -0.25) is 14.7 Å². The maximum atomic E-state index is 13.1. The summed E-state index contributed by atoms with van der Waals surface area (Å²) in [7, 11) is 1.75. The number of carbonyl (C=O) groups is 1. The standard InChI is InChI=1S/C25H29N3O4/c1-17-8-9-23(21-7-4-11-26-25(17)21)32-16-24(31)27(2)22(15-28-12-10-20(30)14-28)18-5-3-6-19(29)13-18/h3-9,11,13,20,22,29-30H,10,12,14-16H2,1-2H3/t20-,22?/m0/s1. The number of β-amino-alcohol motifs (C(OH)–C–C–N with tert-alkyl or cyclic N) is 1. The monoisotopic (exact) mass is 435 g/mol. The molecule has 2 heterocycles. The van der Waals surface area contributed by atoms with E-state index in [2.05, 4.69) is 9.88 Å². The number of carbonyl (C=O) groups excluding carboxylic acids is 1. The summed E-state index contributed by atoms with van der Waals surface area (Å²) in [6, 6.07) is 14.3. The number of aryl methyl sites for hydroxylation is 1. The second kappa shape index (κ2) is 9.54. The summed E-state index contributed by atoms with van der Waals surface area (Å²) in [4.78, 5) is 21.3. The molecule has 7 nitrogen and oxygen atoms in total. The molecule has 1 fully saturated rings. The van der Waals surface area contributed by atoms with Gasteiger partial charge in [0, 0.05) is 38.3 Å². The lowest BCUT2D eigenvalue weighted by molar-refractivity contribution is -0.134. The van der Waals surface area contributed by atoms with Crippen molar-refractivity contribution in [3.05, 3.63) is 65.9 Å². The molecular weight excluding hydrogens is 406 g/mol. The van der Waals surface area contributed by atoms with Crippen LogP contribution < -0.4 is 4.74 Å². The number of hydrogen-bond acceptors (Lipinski definition) is 6. The molecule has 0 bridgehead atoms. The Hall–Kier alpha value is -3.16. The van der Waals surface area contributed by atoms with Crippen LogP contribution in [0.5, 0.6) is 11.5 Å². The van der Waals surface area contributed by atoms with Crippen molar-refractivity contribution in [3.63, 3.8) is 0 Å². The van der Waals surface area contributed by atoms with Crippen LogP contribution >= 0.6 is 0 Å². The number of nitrogens with zero attached hydrogens (tertiary/aromatic N) is 3. The minimum Gasteiger partial charge on any atom is -0.508 e. The molecule has 1 aromatic heterocycles. The Balaban J connectivity index is 1.51. The van der Waals surface area contributed by atoms with Gasteiger partial charge in [-0.05, 0) is 54.8 Å². The van der Waals surface area contributed by atoms with Gasteiger partial charge in [-0.15, -0.1) is 0 Å². The fraction of sp³-hybridized carbons (Fsp3) is 0.360. The van der Waals surface area contributed by atoms with Crippen molar-refractivity contribution < 1.29 is 19.7 Å². The second-order valence-electron chi connectivity index (χ2n) is 8.39. The lowest BCUT2D eigenvalue weighted by Crippen LogP contribution is -2.40. The molecule has 0 spiro atoms. The van der Waals surface area contributed by atoms with Gasteiger partial charge >= 0.3 is 0 Å². The molecule has 32 heavy (non-hydrogen) atoms. The smallest absolute Gasteiger partial charge is 0.260 e. The largest absolute Gasteiger partial charge is 0.508 e. The maximum Gasteiger partial charge on any atom is 0.260 e. The van der Waals surface area contributed by atoms with Crippen molar-refractivity contribution in [1.82, 2.24) is 14.8 Å². The summed E-state index contributed by atoms with van der Waals surface area (Å²) in [5, 5.41) is 20.8. The number of aromatic nitrogens is 1. The highest BCUT2D eigenvalue weighted by Gasteiger charge is 2.28. The van der Waals surface area contributed by atoms with Crippen LogP contribution in [0.3, 0.4) is 0 Å². The van der Waals surface area contributed by atoms with Gasteiger partial charge in [0.2, 0.25) is 0 Å².